The number of rotatable bonds is 4. The summed E-state index contributed by atoms with van der Waals surface area (Å²) in [5.74, 6) is -1.59. The van der Waals surface area contributed by atoms with Crippen molar-refractivity contribution in [1.29, 1.82) is 0 Å². The van der Waals surface area contributed by atoms with Crippen LogP contribution in [0.2, 0.25) is 0 Å². The van der Waals surface area contributed by atoms with Gasteiger partial charge in [-0.1, -0.05) is 12.1 Å². The Morgan fingerprint density at radius 3 is 2.28 bits per heavy atom. The molecule has 2 aliphatic rings. The summed E-state index contributed by atoms with van der Waals surface area (Å²) in [5.41, 5.74) is 0.128. The molecule has 4 rings (SSSR count). The highest BCUT2D eigenvalue weighted by Gasteiger charge is 2.45. The van der Waals surface area contributed by atoms with Crippen molar-refractivity contribution in [3.63, 3.8) is 0 Å². The average Bonchev–Trinajstić information content (AvgIpc) is 2.77. The summed E-state index contributed by atoms with van der Waals surface area (Å²) < 4.78 is 16.5. The lowest BCUT2D eigenvalue weighted by Gasteiger charge is -2.39. The lowest BCUT2D eigenvalue weighted by atomic mass is 9.93. The lowest BCUT2D eigenvalue weighted by Crippen LogP contribution is -2.60. The normalized spacial score (nSPS) is 32.2. The zero-order chi connectivity index (χ0) is 23.2. The highest BCUT2D eigenvalue weighted by atomic mass is 16.7. The van der Waals surface area contributed by atoms with Crippen molar-refractivity contribution in [2.45, 2.75) is 42.9 Å². The van der Waals surface area contributed by atoms with Crippen LogP contribution in [0.25, 0.3) is 0 Å². The maximum atomic E-state index is 12.7. The number of hydrogen-bond donors (Lipinski definition) is 7. The molecule has 0 unspecified atom stereocenters. The molecule has 0 aliphatic carbocycles. The molecule has 7 atom stereocenters. The van der Waals surface area contributed by atoms with Gasteiger partial charge in [0.15, 0.2) is 12.2 Å². The Morgan fingerprint density at radius 1 is 0.938 bits per heavy atom. The number of fused-ring (bicyclic) bond motifs is 1. The van der Waals surface area contributed by atoms with E-state index in [1.807, 2.05) is 0 Å². The second kappa shape index (κ2) is 8.54. The van der Waals surface area contributed by atoms with E-state index in [2.05, 4.69) is 0 Å². The number of aromatic hydroxyl groups is 2. The van der Waals surface area contributed by atoms with Crippen LogP contribution in [0.4, 0.5) is 0 Å². The number of phenols is 2. The Hall–Kier alpha value is -2.93. The molecular formula is C21H22O11. The highest BCUT2D eigenvalue weighted by Crippen LogP contribution is 2.42. The predicted octanol–water partition coefficient (Wildman–Crippen LogP) is -1.05. The molecule has 1 fully saturated rings. The molecule has 0 amide bonds. The van der Waals surface area contributed by atoms with Gasteiger partial charge in [-0.2, -0.15) is 0 Å². The first-order valence-electron chi connectivity index (χ1n) is 9.73. The fourth-order valence-corrected chi connectivity index (χ4v) is 3.68. The van der Waals surface area contributed by atoms with Gasteiger partial charge in [-0.25, -0.2) is 0 Å². The summed E-state index contributed by atoms with van der Waals surface area (Å²) in [7, 11) is 0. The highest BCUT2D eigenvalue weighted by molar-refractivity contribution is 6.05. The van der Waals surface area contributed by atoms with Crippen molar-refractivity contribution in [2.24, 2.45) is 0 Å². The molecule has 172 valence electrons. The Bertz CT molecular complexity index is 990. The maximum absolute atomic E-state index is 12.7. The maximum Gasteiger partial charge on any atom is 0.229 e. The number of carbonyl (C=O) groups excluding carboxylic acids is 1. The number of carbonyl (C=O) groups is 1. The van der Waals surface area contributed by atoms with Crippen LogP contribution in [-0.4, -0.2) is 84.9 Å². The largest absolute Gasteiger partial charge is 0.508 e. The third kappa shape index (κ3) is 3.86. The van der Waals surface area contributed by atoms with Crippen molar-refractivity contribution >= 4 is 5.78 Å². The minimum Gasteiger partial charge on any atom is -0.508 e. The fraction of sp³-hybridized carbons (Fsp3) is 0.381. The second-order valence-corrected chi connectivity index (χ2v) is 7.57. The fourth-order valence-electron chi connectivity index (χ4n) is 3.68. The standard InChI is InChI=1S/C21H22O11/c22-7-13-15(25)17(27)19(29)21(32-13)30-10-5-11(24)14-12(6-10)31-20(18(28)16(14)26)8-1-3-9(23)4-2-8/h1-6,13,15,17-25,27-29H,7H2/t13-,15-,17-,18+,19-,20+,21-/m0/s1. The molecule has 2 aliphatic heterocycles. The van der Waals surface area contributed by atoms with Gasteiger partial charge in [0.1, 0.15) is 53.0 Å². The quantitative estimate of drug-likeness (QED) is 0.301. The third-order valence-corrected chi connectivity index (χ3v) is 5.43. The molecule has 0 bridgehead atoms. The van der Waals surface area contributed by atoms with Crippen LogP contribution in [0.5, 0.6) is 23.0 Å². The van der Waals surface area contributed by atoms with Crippen LogP contribution in [0, 0.1) is 0 Å². The van der Waals surface area contributed by atoms with Crippen molar-refractivity contribution < 1.29 is 54.8 Å². The van der Waals surface area contributed by atoms with Gasteiger partial charge in [0.25, 0.3) is 0 Å². The van der Waals surface area contributed by atoms with Crippen molar-refractivity contribution in [3.05, 3.63) is 47.5 Å². The number of aliphatic hydroxyl groups excluding tert-OH is 5. The van der Waals surface area contributed by atoms with E-state index < -0.39 is 61.1 Å². The number of ketones is 1. The van der Waals surface area contributed by atoms with E-state index in [4.69, 9.17) is 14.2 Å². The Morgan fingerprint density at radius 2 is 1.62 bits per heavy atom. The van der Waals surface area contributed by atoms with Gasteiger partial charge in [-0.3, -0.25) is 4.79 Å². The molecule has 11 heteroatoms. The van der Waals surface area contributed by atoms with E-state index >= 15 is 0 Å². The topological polar surface area (TPSA) is 186 Å². The van der Waals surface area contributed by atoms with E-state index in [-0.39, 0.29) is 22.8 Å². The van der Waals surface area contributed by atoms with E-state index in [0.29, 0.717) is 5.56 Å². The van der Waals surface area contributed by atoms with E-state index in [9.17, 15) is 40.5 Å². The first-order chi connectivity index (χ1) is 15.2. The Labute approximate surface area is 181 Å². The monoisotopic (exact) mass is 450 g/mol. The molecule has 0 aromatic heterocycles. The summed E-state index contributed by atoms with van der Waals surface area (Å²) in [6, 6.07) is 7.93. The van der Waals surface area contributed by atoms with E-state index in [1.54, 1.807) is 0 Å². The van der Waals surface area contributed by atoms with Crippen molar-refractivity contribution in [3.8, 4) is 23.0 Å². The van der Waals surface area contributed by atoms with Crippen LogP contribution < -0.4 is 9.47 Å². The summed E-state index contributed by atoms with van der Waals surface area (Å²) >= 11 is 0. The van der Waals surface area contributed by atoms with Gasteiger partial charge in [0, 0.05) is 12.1 Å². The van der Waals surface area contributed by atoms with Crippen molar-refractivity contribution in [2.75, 3.05) is 6.61 Å². The zero-order valence-corrected chi connectivity index (χ0v) is 16.5. The molecule has 2 aromatic rings. The van der Waals surface area contributed by atoms with Crippen LogP contribution in [0.1, 0.15) is 22.0 Å². The smallest absolute Gasteiger partial charge is 0.229 e. The number of ether oxygens (including phenoxy) is 3. The molecule has 0 radical (unpaired) electrons. The van der Waals surface area contributed by atoms with Gasteiger partial charge < -0.3 is 50.0 Å². The minimum absolute atomic E-state index is 0.0152. The van der Waals surface area contributed by atoms with Gasteiger partial charge in [-0.05, 0) is 17.7 Å². The molecule has 1 saturated heterocycles. The molecule has 0 saturated carbocycles. The van der Waals surface area contributed by atoms with Gasteiger partial charge in [-0.15, -0.1) is 0 Å². The molecule has 11 nitrogen and oxygen atoms in total. The SMILES string of the molecule is O=C1c2c(O)cc(O[C@H]3O[C@@H](CO)[C@H](O)[C@H](O)[C@@H]3O)cc2O[C@H](c2ccc(O)cc2)[C@@H]1O. The van der Waals surface area contributed by atoms with Crippen LogP contribution in [-0.2, 0) is 4.74 Å². The first kappa shape index (κ1) is 22.3. The summed E-state index contributed by atoms with van der Waals surface area (Å²) in [5, 5.41) is 69.4. The van der Waals surface area contributed by atoms with Gasteiger partial charge in [0.2, 0.25) is 12.1 Å². The van der Waals surface area contributed by atoms with Crippen molar-refractivity contribution in [1.82, 2.24) is 0 Å². The molecule has 2 heterocycles. The molecule has 32 heavy (non-hydrogen) atoms. The second-order valence-electron chi connectivity index (χ2n) is 7.57. The lowest BCUT2D eigenvalue weighted by molar-refractivity contribution is -0.277. The summed E-state index contributed by atoms with van der Waals surface area (Å²) in [6.07, 6.45) is -10.4. The number of aliphatic hydroxyl groups is 5. The van der Waals surface area contributed by atoms with E-state index in [0.717, 1.165) is 6.07 Å². The molecule has 0 spiro atoms. The molecule has 2 aromatic carbocycles. The Balaban J connectivity index is 1.63. The van der Waals surface area contributed by atoms with Crippen LogP contribution in [0.15, 0.2) is 36.4 Å². The summed E-state index contributed by atoms with van der Waals surface area (Å²) in [4.78, 5) is 12.7. The molecular weight excluding hydrogens is 428 g/mol. The van der Waals surface area contributed by atoms with Gasteiger partial charge >= 0.3 is 0 Å². The summed E-state index contributed by atoms with van der Waals surface area (Å²) in [6.45, 7) is -0.649. The molecule has 7 N–H and O–H groups in total. The van der Waals surface area contributed by atoms with Crippen LogP contribution in [0.3, 0.4) is 0 Å². The number of benzene rings is 2. The Kier molecular flexibility index (Phi) is 5.95. The number of phenolic OH excluding ortho intramolecular Hbond substituents is 2. The third-order valence-electron chi connectivity index (χ3n) is 5.43. The zero-order valence-electron chi connectivity index (χ0n) is 16.5. The number of hydrogen-bond acceptors (Lipinski definition) is 11. The first-order valence-corrected chi connectivity index (χ1v) is 9.73. The van der Waals surface area contributed by atoms with Gasteiger partial charge in [0.05, 0.1) is 6.61 Å². The minimum atomic E-state index is -1.68. The number of Topliss-reactive ketones (excluding diaryl/α,β-unsaturated/α-hetero) is 1. The van der Waals surface area contributed by atoms with E-state index in [1.165, 1.54) is 30.3 Å². The average molecular weight is 450 g/mol. The van der Waals surface area contributed by atoms with Crippen LogP contribution >= 0.6 is 0 Å². The predicted molar refractivity (Wildman–Crippen MR) is 104 cm³/mol.